The number of hydrogen-bond acceptors (Lipinski definition) is 3. The van der Waals surface area contributed by atoms with E-state index in [1.807, 2.05) is 37.3 Å². The van der Waals surface area contributed by atoms with Gasteiger partial charge < -0.3 is 10.4 Å². The van der Waals surface area contributed by atoms with Crippen LogP contribution < -0.4 is 10.7 Å². The molecule has 0 bridgehead atoms. The maximum Gasteiger partial charge on any atom is 0.187 e. The van der Waals surface area contributed by atoms with Crippen molar-refractivity contribution in [1.82, 2.24) is 10.7 Å². The molecule has 0 aliphatic heterocycles. The topological polar surface area (TPSA) is 56.7 Å². The number of phenols is 1. The van der Waals surface area contributed by atoms with Crippen LogP contribution in [0.5, 0.6) is 5.75 Å². The van der Waals surface area contributed by atoms with Crippen molar-refractivity contribution < 1.29 is 5.11 Å². The van der Waals surface area contributed by atoms with Crippen molar-refractivity contribution in [3.8, 4) is 5.75 Å². The van der Waals surface area contributed by atoms with Gasteiger partial charge in [0.25, 0.3) is 0 Å². The molecule has 108 valence electrons. The Hall–Kier alpha value is -2.40. The number of thiocarbonyl (C=S) groups is 1. The summed E-state index contributed by atoms with van der Waals surface area (Å²) in [6, 6.07) is 11.3. The molecule has 3 N–H and O–H groups in total. The first-order chi connectivity index (χ1) is 10.1. The fourth-order valence-electron chi connectivity index (χ4n) is 1.85. The molecule has 0 spiro atoms. The summed E-state index contributed by atoms with van der Waals surface area (Å²) >= 11 is 5.08. The van der Waals surface area contributed by atoms with E-state index < -0.39 is 0 Å². The second-order valence-corrected chi connectivity index (χ2v) is 5.14. The molecule has 2 aromatic rings. The molecule has 0 aliphatic carbocycles. The first-order valence-corrected chi connectivity index (χ1v) is 6.91. The van der Waals surface area contributed by atoms with Gasteiger partial charge in [-0.05, 0) is 36.0 Å². The Morgan fingerprint density at radius 3 is 2.86 bits per heavy atom. The summed E-state index contributed by atoms with van der Waals surface area (Å²) in [6.07, 6.45) is 1.56. The van der Waals surface area contributed by atoms with E-state index in [0.29, 0.717) is 17.2 Å². The highest BCUT2D eigenvalue weighted by atomic mass is 32.1. The number of hydrazone groups is 1. The maximum absolute atomic E-state index is 9.97. The zero-order valence-electron chi connectivity index (χ0n) is 11.8. The molecule has 0 aromatic heterocycles. The number of phenolic OH excluding ortho intramolecular Hbond substituents is 1. The summed E-state index contributed by atoms with van der Waals surface area (Å²) in [4.78, 5) is 0. The van der Waals surface area contributed by atoms with E-state index in [1.54, 1.807) is 12.3 Å². The van der Waals surface area contributed by atoms with Crippen LogP contribution in [0.1, 0.15) is 12.5 Å². The van der Waals surface area contributed by atoms with Crippen LogP contribution in [-0.2, 0) is 0 Å². The van der Waals surface area contributed by atoms with Gasteiger partial charge in [-0.15, -0.1) is 0 Å². The number of hydrogen-bond donors (Lipinski definition) is 3. The first-order valence-electron chi connectivity index (χ1n) is 6.50. The first kappa shape index (κ1) is 15.0. The van der Waals surface area contributed by atoms with Gasteiger partial charge in [-0.3, -0.25) is 5.43 Å². The normalized spacial score (nSPS) is 10.7. The number of rotatable bonds is 4. The fraction of sp³-hybridized carbons (Fsp3) is 0.125. The Balaban J connectivity index is 2.12. The van der Waals surface area contributed by atoms with Crippen LogP contribution in [0.3, 0.4) is 0 Å². The second kappa shape index (κ2) is 6.85. The van der Waals surface area contributed by atoms with Gasteiger partial charge in [-0.2, -0.15) is 5.10 Å². The molecular weight excluding hydrogens is 282 g/mol. The van der Waals surface area contributed by atoms with Crippen molar-refractivity contribution >= 4 is 34.3 Å². The third kappa shape index (κ3) is 4.03. The van der Waals surface area contributed by atoms with E-state index in [-0.39, 0.29) is 5.75 Å². The largest absolute Gasteiger partial charge is 0.507 e. The Kier molecular flexibility index (Phi) is 4.90. The van der Waals surface area contributed by atoms with Crippen molar-refractivity contribution in [2.75, 3.05) is 6.54 Å². The van der Waals surface area contributed by atoms with Crippen molar-refractivity contribution in [3.05, 3.63) is 54.1 Å². The van der Waals surface area contributed by atoms with Crippen LogP contribution in [-0.4, -0.2) is 23.0 Å². The molecule has 0 unspecified atom stereocenters. The van der Waals surface area contributed by atoms with E-state index >= 15 is 0 Å². The zero-order valence-corrected chi connectivity index (χ0v) is 12.6. The predicted octanol–water partition coefficient (Wildman–Crippen LogP) is 2.92. The van der Waals surface area contributed by atoms with Crippen molar-refractivity contribution in [2.24, 2.45) is 5.10 Å². The molecule has 0 aliphatic rings. The number of benzene rings is 2. The van der Waals surface area contributed by atoms with E-state index in [2.05, 4.69) is 22.4 Å². The van der Waals surface area contributed by atoms with Crippen LogP contribution in [0.25, 0.3) is 10.8 Å². The monoisotopic (exact) mass is 299 g/mol. The van der Waals surface area contributed by atoms with Crippen LogP contribution in [0.15, 0.2) is 53.7 Å². The van der Waals surface area contributed by atoms with Crippen LogP contribution >= 0.6 is 12.2 Å². The van der Waals surface area contributed by atoms with Gasteiger partial charge in [0.1, 0.15) is 5.75 Å². The zero-order chi connectivity index (χ0) is 15.2. The molecule has 0 radical (unpaired) electrons. The lowest BCUT2D eigenvalue weighted by Crippen LogP contribution is -2.32. The van der Waals surface area contributed by atoms with Gasteiger partial charge in [-0.1, -0.05) is 42.5 Å². The van der Waals surface area contributed by atoms with Crippen LogP contribution in [0, 0.1) is 0 Å². The summed E-state index contributed by atoms with van der Waals surface area (Å²) in [5, 5.41) is 19.4. The molecule has 4 nitrogen and oxygen atoms in total. The molecule has 5 heteroatoms. The molecule has 2 rings (SSSR count). The molecule has 21 heavy (non-hydrogen) atoms. The molecular formula is C16H17N3OS. The Morgan fingerprint density at radius 2 is 2.10 bits per heavy atom. The minimum Gasteiger partial charge on any atom is -0.507 e. The van der Waals surface area contributed by atoms with Crippen LogP contribution in [0.4, 0.5) is 0 Å². The summed E-state index contributed by atoms with van der Waals surface area (Å²) in [6.45, 7) is 6.29. The van der Waals surface area contributed by atoms with Crippen LogP contribution in [0.2, 0.25) is 0 Å². The van der Waals surface area contributed by atoms with Crippen molar-refractivity contribution in [1.29, 1.82) is 0 Å². The molecule has 0 atom stereocenters. The maximum atomic E-state index is 9.97. The third-order valence-electron chi connectivity index (χ3n) is 2.86. The predicted molar refractivity (Wildman–Crippen MR) is 91.8 cm³/mol. The molecule has 0 saturated carbocycles. The highest BCUT2D eigenvalue weighted by molar-refractivity contribution is 7.80. The summed E-state index contributed by atoms with van der Waals surface area (Å²) in [7, 11) is 0. The second-order valence-electron chi connectivity index (χ2n) is 4.73. The van der Waals surface area contributed by atoms with Gasteiger partial charge in [-0.25, -0.2) is 0 Å². The quantitative estimate of drug-likeness (QED) is 0.352. The van der Waals surface area contributed by atoms with E-state index in [4.69, 9.17) is 12.2 Å². The molecule has 0 heterocycles. The average Bonchev–Trinajstić information content (AvgIpc) is 2.47. The van der Waals surface area contributed by atoms with Crippen molar-refractivity contribution in [3.63, 3.8) is 0 Å². The van der Waals surface area contributed by atoms with E-state index in [1.165, 1.54) is 0 Å². The molecule has 0 amide bonds. The van der Waals surface area contributed by atoms with Gasteiger partial charge in [0.05, 0.1) is 6.21 Å². The summed E-state index contributed by atoms with van der Waals surface area (Å²) in [5.41, 5.74) is 4.35. The Bertz CT molecular complexity index is 710. The lowest BCUT2D eigenvalue weighted by atomic mass is 10.0. The van der Waals surface area contributed by atoms with E-state index in [0.717, 1.165) is 16.3 Å². The minimum absolute atomic E-state index is 0.181. The smallest absolute Gasteiger partial charge is 0.187 e. The lowest BCUT2D eigenvalue weighted by molar-refractivity contribution is 0.475. The van der Waals surface area contributed by atoms with Gasteiger partial charge in [0.15, 0.2) is 5.11 Å². The molecule has 0 fully saturated rings. The number of nitrogens with zero attached hydrogens (tertiary/aromatic N) is 1. The average molecular weight is 299 g/mol. The molecule has 2 aromatic carbocycles. The summed E-state index contributed by atoms with van der Waals surface area (Å²) < 4.78 is 0. The Labute approximate surface area is 129 Å². The lowest BCUT2D eigenvalue weighted by Gasteiger charge is -2.07. The fourth-order valence-corrected chi connectivity index (χ4v) is 1.97. The number of nitrogens with one attached hydrogen (secondary N) is 2. The SMILES string of the molecule is C=C(C)CNC(=S)NN=Cc1c(O)ccc2ccccc12. The number of aromatic hydroxyl groups is 1. The van der Waals surface area contributed by atoms with Gasteiger partial charge in [0.2, 0.25) is 0 Å². The summed E-state index contributed by atoms with van der Waals surface area (Å²) in [5.74, 6) is 0.181. The van der Waals surface area contributed by atoms with Gasteiger partial charge in [0, 0.05) is 12.1 Å². The minimum atomic E-state index is 0.181. The highest BCUT2D eigenvalue weighted by Gasteiger charge is 2.04. The highest BCUT2D eigenvalue weighted by Crippen LogP contribution is 2.25. The number of fused-ring (bicyclic) bond motifs is 1. The van der Waals surface area contributed by atoms with Gasteiger partial charge >= 0.3 is 0 Å². The van der Waals surface area contributed by atoms with Crippen molar-refractivity contribution in [2.45, 2.75) is 6.92 Å². The standard InChI is InChI=1S/C16H17N3OS/c1-11(2)9-17-16(21)19-18-10-14-13-6-4-3-5-12(13)7-8-15(14)20/h3-8,10,20H,1,9H2,2H3,(H2,17,19,21). The third-order valence-corrected chi connectivity index (χ3v) is 3.09. The van der Waals surface area contributed by atoms with E-state index in [9.17, 15) is 5.11 Å². The Morgan fingerprint density at radius 1 is 1.33 bits per heavy atom. The molecule has 0 saturated heterocycles.